The average molecular weight is 170 g/mol. The Kier molecular flexibility index (Phi) is 3.53. The van der Waals surface area contributed by atoms with Crippen LogP contribution in [0.3, 0.4) is 0 Å². The molecule has 1 aliphatic rings. The van der Waals surface area contributed by atoms with E-state index in [9.17, 15) is 4.79 Å². The van der Waals surface area contributed by atoms with Crippen molar-refractivity contribution in [2.45, 2.75) is 32.7 Å². The maximum Gasteiger partial charge on any atom is 0.222 e. The summed E-state index contributed by atoms with van der Waals surface area (Å²) in [6.45, 7) is 5.92. The molecule has 0 aliphatic carbocycles. The molecule has 3 heteroatoms. The highest BCUT2D eigenvalue weighted by Crippen LogP contribution is 2.03. The lowest BCUT2D eigenvalue weighted by atomic mass is 10.1. The third kappa shape index (κ3) is 2.81. The van der Waals surface area contributed by atoms with Gasteiger partial charge in [-0.2, -0.15) is 0 Å². The lowest BCUT2D eigenvalue weighted by Gasteiger charge is -2.24. The molecule has 3 nitrogen and oxygen atoms in total. The van der Waals surface area contributed by atoms with E-state index in [-0.39, 0.29) is 11.8 Å². The van der Waals surface area contributed by atoms with E-state index in [0.29, 0.717) is 6.04 Å². The predicted molar refractivity (Wildman–Crippen MR) is 48.9 cm³/mol. The van der Waals surface area contributed by atoms with Crippen LogP contribution in [0.15, 0.2) is 0 Å². The van der Waals surface area contributed by atoms with Crippen LogP contribution in [-0.4, -0.2) is 25.0 Å². The summed E-state index contributed by atoms with van der Waals surface area (Å²) in [7, 11) is 0. The fourth-order valence-electron chi connectivity index (χ4n) is 1.33. The first kappa shape index (κ1) is 9.52. The first-order valence-corrected chi connectivity index (χ1v) is 4.71. The number of rotatable bonds is 2. The molecule has 1 rings (SSSR count). The topological polar surface area (TPSA) is 41.1 Å². The molecule has 1 saturated heterocycles. The first-order chi connectivity index (χ1) is 5.70. The summed E-state index contributed by atoms with van der Waals surface area (Å²) >= 11 is 0. The van der Waals surface area contributed by atoms with E-state index in [4.69, 9.17) is 0 Å². The van der Waals surface area contributed by atoms with Gasteiger partial charge in [0, 0.05) is 12.0 Å². The van der Waals surface area contributed by atoms with Gasteiger partial charge < -0.3 is 10.6 Å². The standard InChI is InChI=1S/C9H18N2O/c1-7(2)9(12)11-8-3-5-10-6-4-8/h7-8,10H,3-6H2,1-2H3,(H,11,12). The Balaban J connectivity index is 2.24. The Bertz CT molecular complexity index is 151. The van der Waals surface area contributed by atoms with Crippen molar-refractivity contribution in [3.63, 3.8) is 0 Å². The Hall–Kier alpha value is -0.570. The lowest BCUT2D eigenvalue weighted by molar-refractivity contribution is -0.124. The summed E-state index contributed by atoms with van der Waals surface area (Å²) in [5.41, 5.74) is 0. The molecule has 2 N–H and O–H groups in total. The van der Waals surface area contributed by atoms with Crippen LogP contribution in [-0.2, 0) is 4.79 Å². The molecule has 0 aromatic rings. The Labute approximate surface area is 73.9 Å². The van der Waals surface area contributed by atoms with E-state index in [1.54, 1.807) is 0 Å². The fraction of sp³-hybridized carbons (Fsp3) is 0.889. The van der Waals surface area contributed by atoms with Gasteiger partial charge in [-0.05, 0) is 25.9 Å². The second-order valence-electron chi connectivity index (χ2n) is 3.69. The normalized spacial score (nSPS) is 19.6. The van der Waals surface area contributed by atoms with Gasteiger partial charge in [0.1, 0.15) is 0 Å². The highest BCUT2D eigenvalue weighted by molar-refractivity contribution is 5.78. The van der Waals surface area contributed by atoms with Crippen molar-refractivity contribution in [2.75, 3.05) is 13.1 Å². The predicted octanol–water partition coefficient (Wildman–Crippen LogP) is 0.511. The summed E-state index contributed by atoms with van der Waals surface area (Å²) in [5, 5.41) is 6.31. The minimum Gasteiger partial charge on any atom is -0.353 e. The molecule has 70 valence electrons. The molecule has 12 heavy (non-hydrogen) atoms. The zero-order valence-corrected chi connectivity index (χ0v) is 7.89. The number of carbonyl (C=O) groups excluding carboxylic acids is 1. The summed E-state index contributed by atoms with van der Waals surface area (Å²) < 4.78 is 0. The molecule has 0 aromatic carbocycles. The van der Waals surface area contributed by atoms with Gasteiger partial charge in [0.25, 0.3) is 0 Å². The largest absolute Gasteiger partial charge is 0.353 e. The summed E-state index contributed by atoms with van der Waals surface area (Å²) in [6, 6.07) is 0.404. The fourth-order valence-corrected chi connectivity index (χ4v) is 1.33. The quantitative estimate of drug-likeness (QED) is 0.634. The number of carbonyl (C=O) groups is 1. The minimum absolute atomic E-state index is 0.111. The van der Waals surface area contributed by atoms with E-state index < -0.39 is 0 Å². The second kappa shape index (κ2) is 4.45. The van der Waals surface area contributed by atoms with Gasteiger partial charge in [0.2, 0.25) is 5.91 Å². The van der Waals surface area contributed by atoms with Crippen molar-refractivity contribution in [2.24, 2.45) is 5.92 Å². The Morgan fingerprint density at radius 3 is 2.50 bits per heavy atom. The molecular weight excluding hydrogens is 152 g/mol. The van der Waals surface area contributed by atoms with Crippen LogP contribution in [0.4, 0.5) is 0 Å². The van der Waals surface area contributed by atoms with Gasteiger partial charge in [0.15, 0.2) is 0 Å². The van der Waals surface area contributed by atoms with Crippen LogP contribution in [0.1, 0.15) is 26.7 Å². The van der Waals surface area contributed by atoms with E-state index in [1.165, 1.54) is 0 Å². The van der Waals surface area contributed by atoms with Crippen LogP contribution in [0.25, 0.3) is 0 Å². The van der Waals surface area contributed by atoms with Crippen LogP contribution < -0.4 is 10.6 Å². The maximum absolute atomic E-state index is 11.3. The summed E-state index contributed by atoms with van der Waals surface area (Å²) in [4.78, 5) is 11.3. The van der Waals surface area contributed by atoms with Gasteiger partial charge in [-0.3, -0.25) is 4.79 Å². The molecule has 0 atom stereocenters. The highest BCUT2D eigenvalue weighted by Gasteiger charge is 2.16. The number of hydrogen-bond donors (Lipinski definition) is 2. The number of amides is 1. The van der Waals surface area contributed by atoms with Crippen molar-refractivity contribution in [3.05, 3.63) is 0 Å². The van der Waals surface area contributed by atoms with Gasteiger partial charge >= 0.3 is 0 Å². The van der Waals surface area contributed by atoms with E-state index in [1.807, 2.05) is 13.8 Å². The zero-order valence-electron chi connectivity index (χ0n) is 7.89. The third-order valence-corrected chi connectivity index (χ3v) is 2.21. The molecule has 0 bridgehead atoms. The van der Waals surface area contributed by atoms with Crippen molar-refractivity contribution in [1.82, 2.24) is 10.6 Å². The highest BCUT2D eigenvalue weighted by atomic mass is 16.1. The molecule has 1 fully saturated rings. The van der Waals surface area contributed by atoms with Gasteiger partial charge in [-0.15, -0.1) is 0 Å². The smallest absolute Gasteiger partial charge is 0.222 e. The molecule has 0 unspecified atom stereocenters. The monoisotopic (exact) mass is 170 g/mol. The van der Waals surface area contributed by atoms with Crippen molar-refractivity contribution in [1.29, 1.82) is 0 Å². The number of piperidine rings is 1. The zero-order chi connectivity index (χ0) is 8.97. The van der Waals surface area contributed by atoms with Crippen LogP contribution in [0.5, 0.6) is 0 Å². The molecule has 1 heterocycles. The summed E-state index contributed by atoms with van der Waals surface area (Å²) in [5.74, 6) is 0.293. The van der Waals surface area contributed by atoms with Crippen LogP contribution in [0, 0.1) is 5.92 Å². The number of nitrogens with one attached hydrogen (secondary N) is 2. The maximum atomic E-state index is 11.3. The molecule has 0 spiro atoms. The van der Waals surface area contributed by atoms with E-state index in [0.717, 1.165) is 25.9 Å². The SMILES string of the molecule is CC(C)C(=O)NC1CCNCC1. The van der Waals surface area contributed by atoms with Gasteiger partial charge in [0.05, 0.1) is 0 Å². The lowest BCUT2D eigenvalue weighted by Crippen LogP contribution is -2.44. The third-order valence-electron chi connectivity index (χ3n) is 2.21. The Morgan fingerprint density at radius 1 is 1.42 bits per heavy atom. The van der Waals surface area contributed by atoms with Crippen molar-refractivity contribution < 1.29 is 4.79 Å². The molecular formula is C9H18N2O. The van der Waals surface area contributed by atoms with Gasteiger partial charge in [-0.1, -0.05) is 13.8 Å². The molecule has 1 amide bonds. The van der Waals surface area contributed by atoms with Crippen molar-refractivity contribution >= 4 is 5.91 Å². The van der Waals surface area contributed by atoms with E-state index in [2.05, 4.69) is 10.6 Å². The van der Waals surface area contributed by atoms with Crippen LogP contribution >= 0.6 is 0 Å². The van der Waals surface area contributed by atoms with Crippen LogP contribution in [0.2, 0.25) is 0 Å². The molecule has 0 saturated carbocycles. The second-order valence-corrected chi connectivity index (χ2v) is 3.69. The Morgan fingerprint density at radius 2 is 2.00 bits per heavy atom. The average Bonchev–Trinajstić information content (AvgIpc) is 2.06. The molecule has 0 aromatic heterocycles. The van der Waals surface area contributed by atoms with Crippen molar-refractivity contribution in [3.8, 4) is 0 Å². The first-order valence-electron chi connectivity index (χ1n) is 4.71. The minimum atomic E-state index is 0.111. The summed E-state index contributed by atoms with van der Waals surface area (Å²) in [6.07, 6.45) is 2.14. The van der Waals surface area contributed by atoms with E-state index >= 15 is 0 Å². The van der Waals surface area contributed by atoms with Gasteiger partial charge in [-0.25, -0.2) is 0 Å². The number of hydrogen-bond acceptors (Lipinski definition) is 2. The molecule has 1 aliphatic heterocycles. The molecule has 0 radical (unpaired) electrons.